The van der Waals surface area contributed by atoms with Crippen molar-refractivity contribution in [3.05, 3.63) is 51.7 Å². The molecule has 0 radical (unpaired) electrons. The maximum atomic E-state index is 13.2. The first-order valence-electron chi connectivity index (χ1n) is 9.44. The summed E-state index contributed by atoms with van der Waals surface area (Å²) in [7, 11) is 0. The van der Waals surface area contributed by atoms with Crippen molar-refractivity contribution in [1.29, 1.82) is 10.7 Å². The number of halogens is 2. The molecule has 1 saturated carbocycles. The van der Waals surface area contributed by atoms with Crippen molar-refractivity contribution in [3.8, 4) is 11.8 Å². The van der Waals surface area contributed by atoms with E-state index >= 15 is 0 Å². The number of hydrogen-bond acceptors (Lipinski definition) is 5. The molecule has 4 rings (SSSR count). The molecule has 0 amide bonds. The van der Waals surface area contributed by atoms with Crippen LogP contribution in [0.5, 0.6) is 5.75 Å². The molecule has 0 bridgehead atoms. The molecule has 2 N–H and O–H groups in total. The highest BCUT2D eigenvalue weighted by Crippen LogP contribution is 2.53. The highest BCUT2D eigenvalue weighted by atomic mass is 79.9. The van der Waals surface area contributed by atoms with E-state index in [0.29, 0.717) is 59.5 Å². The molecule has 1 fully saturated rings. The van der Waals surface area contributed by atoms with E-state index in [2.05, 4.69) is 27.3 Å². The second kappa shape index (κ2) is 7.60. The Labute approximate surface area is 176 Å². The lowest BCUT2D eigenvalue weighted by Gasteiger charge is -2.37. The monoisotopic (exact) mass is 455 g/mol. The molecule has 2 aromatic rings. The van der Waals surface area contributed by atoms with Gasteiger partial charge in [0.1, 0.15) is 17.3 Å². The molecule has 148 valence electrons. The van der Waals surface area contributed by atoms with Gasteiger partial charge in [0.05, 0.1) is 28.3 Å². The molecule has 29 heavy (non-hydrogen) atoms. The van der Waals surface area contributed by atoms with Crippen LogP contribution >= 0.6 is 15.9 Å². The van der Waals surface area contributed by atoms with Crippen LogP contribution in [0.3, 0.4) is 0 Å². The van der Waals surface area contributed by atoms with Gasteiger partial charge in [-0.05, 0) is 65.0 Å². The van der Waals surface area contributed by atoms with E-state index in [1.54, 1.807) is 12.1 Å². The summed E-state index contributed by atoms with van der Waals surface area (Å²) in [5.74, 6) is 0.321. The summed E-state index contributed by atoms with van der Waals surface area (Å²) >= 11 is 3.61. The Bertz CT molecular complexity index is 1030. The molecule has 2 aliphatic rings. The average molecular weight is 456 g/mol. The van der Waals surface area contributed by atoms with Gasteiger partial charge in [0.25, 0.3) is 0 Å². The number of rotatable bonds is 3. The number of benzene rings is 2. The Morgan fingerprint density at radius 2 is 2.14 bits per heavy atom. The van der Waals surface area contributed by atoms with E-state index in [4.69, 9.17) is 10.1 Å². The number of carbonyl (C=O) groups is 1. The van der Waals surface area contributed by atoms with Crippen molar-refractivity contribution in [3.63, 3.8) is 0 Å². The zero-order valence-corrected chi connectivity index (χ0v) is 17.2. The third-order valence-corrected chi connectivity index (χ3v) is 6.64. The summed E-state index contributed by atoms with van der Waals surface area (Å²) in [5.41, 5.74) is 1.78. The summed E-state index contributed by atoms with van der Waals surface area (Å²) in [6.45, 7) is 0.410. The van der Waals surface area contributed by atoms with Crippen LogP contribution in [0.1, 0.15) is 36.8 Å². The normalized spacial score (nSPS) is 23.1. The lowest BCUT2D eigenvalue weighted by atomic mass is 9.62. The molecule has 0 spiro atoms. The molecule has 1 heterocycles. The lowest BCUT2D eigenvalue weighted by Crippen LogP contribution is -2.39. The number of nitrogens with one attached hydrogen (secondary N) is 2. The average Bonchev–Trinajstić information content (AvgIpc) is 2.88. The van der Waals surface area contributed by atoms with Crippen molar-refractivity contribution >= 4 is 39.3 Å². The van der Waals surface area contributed by atoms with Crippen molar-refractivity contribution in [2.24, 2.45) is 5.92 Å². The number of hydrogen-bond donors (Lipinski definition) is 2. The summed E-state index contributed by atoms with van der Waals surface area (Å²) in [6, 6.07) is 10.3. The molecule has 5 nitrogen and oxygen atoms in total. The van der Waals surface area contributed by atoms with Gasteiger partial charge in [-0.25, -0.2) is 4.39 Å². The number of ether oxygens (including phenoxy) is 1. The SMILES string of the molecule is N#CC12CCC(=O)CC1CCOc1c2cc(C=N)c(Nc2ccc(F)cc2)c1Br. The van der Waals surface area contributed by atoms with Gasteiger partial charge in [-0.2, -0.15) is 5.26 Å². The van der Waals surface area contributed by atoms with Gasteiger partial charge in [-0.1, -0.05) is 0 Å². The van der Waals surface area contributed by atoms with Crippen LogP contribution in [0.25, 0.3) is 0 Å². The van der Waals surface area contributed by atoms with E-state index in [1.165, 1.54) is 18.3 Å². The quantitative estimate of drug-likeness (QED) is 0.619. The maximum Gasteiger partial charge on any atom is 0.140 e. The third-order valence-electron chi connectivity index (χ3n) is 5.88. The number of fused-ring (bicyclic) bond motifs is 3. The van der Waals surface area contributed by atoms with Gasteiger partial charge in [-0.15, -0.1) is 0 Å². The van der Waals surface area contributed by atoms with Crippen molar-refractivity contribution in [1.82, 2.24) is 0 Å². The fraction of sp³-hybridized carbons (Fsp3) is 0.318. The largest absolute Gasteiger partial charge is 0.492 e. The van der Waals surface area contributed by atoms with Gasteiger partial charge in [0.15, 0.2) is 0 Å². The molecule has 1 aliphatic carbocycles. The van der Waals surface area contributed by atoms with Crippen LogP contribution in [-0.2, 0) is 10.2 Å². The van der Waals surface area contributed by atoms with Crippen molar-refractivity contribution in [2.75, 3.05) is 11.9 Å². The Balaban J connectivity index is 1.86. The maximum absolute atomic E-state index is 13.2. The minimum Gasteiger partial charge on any atom is -0.492 e. The van der Waals surface area contributed by atoms with Crippen LogP contribution in [-0.4, -0.2) is 18.6 Å². The molecule has 2 unspecified atom stereocenters. The second-order valence-electron chi connectivity index (χ2n) is 7.47. The Morgan fingerprint density at radius 1 is 1.38 bits per heavy atom. The van der Waals surface area contributed by atoms with Gasteiger partial charge < -0.3 is 15.5 Å². The Kier molecular flexibility index (Phi) is 5.13. The minimum atomic E-state index is -0.811. The summed E-state index contributed by atoms with van der Waals surface area (Å²) in [5, 5.41) is 21.3. The number of Topliss-reactive ketones (excluding diaryl/α,β-unsaturated/α-hetero) is 1. The third kappa shape index (κ3) is 3.32. The summed E-state index contributed by atoms with van der Waals surface area (Å²) < 4.78 is 19.9. The molecule has 0 aromatic heterocycles. The fourth-order valence-corrected chi connectivity index (χ4v) is 5.00. The summed E-state index contributed by atoms with van der Waals surface area (Å²) in [6.07, 6.45) is 3.05. The van der Waals surface area contributed by atoms with Gasteiger partial charge >= 0.3 is 0 Å². The first kappa shape index (κ1) is 19.6. The zero-order valence-electron chi connectivity index (χ0n) is 15.6. The highest BCUT2D eigenvalue weighted by Gasteiger charge is 2.48. The van der Waals surface area contributed by atoms with E-state index in [1.807, 2.05) is 6.07 Å². The van der Waals surface area contributed by atoms with E-state index in [9.17, 15) is 14.4 Å². The molecule has 2 atom stereocenters. The van der Waals surface area contributed by atoms with Gasteiger partial charge in [0.2, 0.25) is 0 Å². The number of carbonyl (C=O) groups excluding carboxylic acids is 1. The molecular weight excluding hydrogens is 437 g/mol. The molecular formula is C22H19BrFN3O2. The fourth-order valence-electron chi connectivity index (χ4n) is 4.35. The summed E-state index contributed by atoms with van der Waals surface area (Å²) in [4.78, 5) is 12.0. The van der Waals surface area contributed by atoms with E-state index in [-0.39, 0.29) is 17.5 Å². The van der Waals surface area contributed by atoms with Crippen molar-refractivity contribution in [2.45, 2.75) is 31.1 Å². The first-order valence-corrected chi connectivity index (χ1v) is 10.2. The molecule has 2 aromatic carbocycles. The van der Waals surface area contributed by atoms with Gasteiger partial charge in [-0.3, -0.25) is 4.79 Å². The second-order valence-corrected chi connectivity index (χ2v) is 8.26. The van der Waals surface area contributed by atoms with Crippen LogP contribution in [0.4, 0.5) is 15.8 Å². The Morgan fingerprint density at radius 3 is 2.83 bits per heavy atom. The first-order chi connectivity index (χ1) is 14.0. The molecule has 1 aliphatic heterocycles. The lowest BCUT2D eigenvalue weighted by molar-refractivity contribution is -0.122. The van der Waals surface area contributed by atoms with Crippen LogP contribution in [0.15, 0.2) is 34.8 Å². The highest BCUT2D eigenvalue weighted by molar-refractivity contribution is 9.10. The van der Waals surface area contributed by atoms with Crippen molar-refractivity contribution < 1.29 is 13.9 Å². The standard InChI is InChI=1S/C22H19BrFN3O2/c23-19-20(27-16-3-1-15(24)2-4-16)13(11-25)9-18-21(19)29-8-6-14-10-17(28)5-7-22(14,18)12-26/h1-4,9,11,14,25,27H,5-8,10H2. The van der Waals surface area contributed by atoms with E-state index < -0.39 is 5.41 Å². The predicted octanol–water partition coefficient (Wildman–Crippen LogP) is 5.24. The number of nitriles is 1. The molecule has 0 saturated heterocycles. The Hall–Kier alpha value is -2.72. The van der Waals surface area contributed by atoms with Gasteiger partial charge in [0, 0.05) is 35.9 Å². The van der Waals surface area contributed by atoms with Crippen LogP contribution < -0.4 is 10.1 Å². The minimum absolute atomic E-state index is 0.101. The predicted molar refractivity (Wildman–Crippen MR) is 111 cm³/mol. The number of anilines is 2. The molecule has 7 heteroatoms. The smallest absolute Gasteiger partial charge is 0.140 e. The van der Waals surface area contributed by atoms with Crippen LogP contribution in [0.2, 0.25) is 0 Å². The zero-order chi connectivity index (χ0) is 20.6. The number of ketones is 1. The van der Waals surface area contributed by atoms with Crippen LogP contribution in [0, 0.1) is 28.5 Å². The topological polar surface area (TPSA) is 86.0 Å². The number of nitrogens with zero attached hydrogens (tertiary/aromatic N) is 1. The van der Waals surface area contributed by atoms with E-state index in [0.717, 1.165) is 5.56 Å².